The van der Waals surface area contributed by atoms with Gasteiger partial charge in [0, 0.05) is 12.7 Å². The number of aromatic nitrogens is 3. The van der Waals surface area contributed by atoms with E-state index in [1.165, 1.54) is 6.33 Å². The molecule has 5 heteroatoms. The van der Waals surface area contributed by atoms with Gasteiger partial charge in [0.1, 0.15) is 11.8 Å². The Morgan fingerprint density at radius 2 is 2.42 bits per heavy atom. The summed E-state index contributed by atoms with van der Waals surface area (Å²) in [7, 11) is 0. The summed E-state index contributed by atoms with van der Waals surface area (Å²) in [4.78, 5) is 3.87. The molecule has 12 heavy (non-hydrogen) atoms. The summed E-state index contributed by atoms with van der Waals surface area (Å²) in [6.45, 7) is 0.448. The summed E-state index contributed by atoms with van der Waals surface area (Å²) in [6.07, 6.45) is 3.22. The van der Waals surface area contributed by atoms with Crippen LogP contribution in [0.1, 0.15) is 5.56 Å². The Bertz CT molecular complexity index is 409. The Balaban J connectivity index is 2.83. The van der Waals surface area contributed by atoms with Gasteiger partial charge in [-0.15, -0.1) is 0 Å². The van der Waals surface area contributed by atoms with Crippen molar-refractivity contribution in [1.29, 1.82) is 0 Å². The van der Waals surface area contributed by atoms with Gasteiger partial charge in [0.2, 0.25) is 0 Å². The maximum absolute atomic E-state index is 5.85. The van der Waals surface area contributed by atoms with Crippen molar-refractivity contribution in [3.63, 3.8) is 0 Å². The van der Waals surface area contributed by atoms with Gasteiger partial charge in [-0.1, -0.05) is 11.6 Å². The van der Waals surface area contributed by atoms with Gasteiger partial charge < -0.3 is 5.73 Å². The molecule has 0 atom stereocenters. The van der Waals surface area contributed by atoms with Crippen LogP contribution in [0.25, 0.3) is 5.52 Å². The molecule has 2 aromatic heterocycles. The second-order valence-corrected chi connectivity index (χ2v) is 2.75. The molecule has 2 N–H and O–H groups in total. The Kier molecular flexibility index (Phi) is 1.71. The normalized spacial score (nSPS) is 10.8. The molecular weight excluding hydrogens is 176 g/mol. The molecule has 2 rings (SSSR count). The van der Waals surface area contributed by atoms with E-state index in [0.717, 1.165) is 11.1 Å². The fourth-order valence-electron chi connectivity index (χ4n) is 1.14. The molecule has 2 aromatic rings. The highest BCUT2D eigenvalue weighted by molar-refractivity contribution is 6.32. The first-order valence-corrected chi connectivity index (χ1v) is 3.87. The number of hydrogen-bond donors (Lipinski definition) is 1. The highest BCUT2D eigenvalue weighted by atomic mass is 35.5. The Morgan fingerprint density at radius 1 is 1.58 bits per heavy atom. The van der Waals surface area contributed by atoms with Crippen LogP contribution < -0.4 is 5.73 Å². The minimum Gasteiger partial charge on any atom is -0.326 e. The van der Waals surface area contributed by atoms with E-state index in [4.69, 9.17) is 17.3 Å². The zero-order chi connectivity index (χ0) is 8.55. The predicted octanol–water partition coefficient (Wildman–Crippen LogP) is 0.841. The zero-order valence-electron chi connectivity index (χ0n) is 6.24. The number of nitrogens with zero attached hydrogens (tertiary/aromatic N) is 3. The van der Waals surface area contributed by atoms with E-state index < -0.39 is 0 Å². The lowest BCUT2D eigenvalue weighted by Gasteiger charge is -1.96. The molecule has 0 aliphatic heterocycles. The summed E-state index contributed by atoms with van der Waals surface area (Å²) in [6, 6.07) is 1.88. The Labute approximate surface area is 74.0 Å². The van der Waals surface area contributed by atoms with Gasteiger partial charge in [-0.2, -0.15) is 5.10 Å². The zero-order valence-corrected chi connectivity index (χ0v) is 6.99. The molecule has 0 aliphatic rings. The van der Waals surface area contributed by atoms with Crippen molar-refractivity contribution < 1.29 is 0 Å². The van der Waals surface area contributed by atoms with E-state index in [1.807, 2.05) is 12.3 Å². The number of rotatable bonds is 1. The van der Waals surface area contributed by atoms with Crippen LogP contribution in [0.3, 0.4) is 0 Å². The predicted molar refractivity (Wildman–Crippen MR) is 45.9 cm³/mol. The van der Waals surface area contributed by atoms with E-state index in [1.54, 1.807) is 4.52 Å². The number of halogens is 1. The minimum absolute atomic E-state index is 0.440. The third-order valence-corrected chi connectivity index (χ3v) is 1.99. The summed E-state index contributed by atoms with van der Waals surface area (Å²) in [5.41, 5.74) is 7.25. The standard InChI is InChI=1S/C7H7ClN4/c8-7-6-5(3-9)1-2-12(6)11-4-10-7/h1-2,4H,3,9H2. The van der Waals surface area contributed by atoms with Crippen molar-refractivity contribution in [2.75, 3.05) is 0 Å². The molecule has 0 bridgehead atoms. The van der Waals surface area contributed by atoms with Gasteiger partial charge in [0.25, 0.3) is 0 Å². The Morgan fingerprint density at radius 3 is 3.17 bits per heavy atom. The van der Waals surface area contributed by atoms with E-state index in [9.17, 15) is 0 Å². The first kappa shape index (κ1) is 7.52. The first-order chi connectivity index (χ1) is 5.83. The molecule has 0 unspecified atom stereocenters. The van der Waals surface area contributed by atoms with Gasteiger partial charge in [0.05, 0.1) is 0 Å². The van der Waals surface area contributed by atoms with Crippen LogP contribution in [0.5, 0.6) is 0 Å². The summed E-state index contributed by atoms with van der Waals surface area (Å²) >= 11 is 5.85. The molecule has 0 radical (unpaired) electrons. The maximum atomic E-state index is 5.85. The van der Waals surface area contributed by atoms with E-state index in [0.29, 0.717) is 11.7 Å². The highest BCUT2D eigenvalue weighted by Gasteiger charge is 2.05. The number of nitrogens with two attached hydrogens (primary N) is 1. The smallest absolute Gasteiger partial charge is 0.156 e. The third-order valence-electron chi connectivity index (χ3n) is 1.71. The second kappa shape index (κ2) is 2.73. The average Bonchev–Trinajstić information content (AvgIpc) is 2.49. The molecule has 0 saturated carbocycles. The third kappa shape index (κ3) is 0.964. The molecular formula is C7H7ClN4. The summed E-state index contributed by atoms with van der Waals surface area (Å²) < 4.78 is 1.66. The molecule has 0 amide bonds. The molecule has 0 spiro atoms. The molecule has 0 saturated heterocycles. The van der Waals surface area contributed by atoms with Crippen LogP contribution in [0.2, 0.25) is 5.15 Å². The number of fused-ring (bicyclic) bond motifs is 1. The van der Waals surface area contributed by atoms with Crippen LogP contribution in [0.15, 0.2) is 18.6 Å². The lowest BCUT2D eigenvalue weighted by Crippen LogP contribution is -1.98. The van der Waals surface area contributed by atoms with Crippen molar-refractivity contribution in [2.24, 2.45) is 5.73 Å². The lowest BCUT2D eigenvalue weighted by molar-refractivity contribution is 0.899. The van der Waals surface area contributed by atoms with E-state index in [2.05, 4.69) is 10.1 Å². The maximum Gasteiger partial charge on any atom is 0.156 e. The van der Waals surface area contributed by atoms with Crippen molar-refractivity contribution >= 4 is 17.1 Å². The fraction of sp³-hybridized carbons (Fsp3) is 0.143. The lowest BCUT2D eigenvalue weighted by atomic mass is 10.3. The van der Waals surface area contributed by atoms with Gasteiger partial charge in [-0.05, 0) is 11.6 Å². The van der Waals surface area contributed by atoms with Crippen molar-refractivity contribution in [1.82, 2.24) is 14.6 Å². The SMILES string of the molecule is NCc1ccn2ncnc(Cl)c12. The van der Waals surface area contributed by atoms with Crippen LogP contribution in [-0.2, 0) is 6.54 Å². The van der Waals surface area contributed by atoms with Crippen molar-refractivity contribution in [3.05, 3.63) is 29.3 Å². The number of hydrogen-bond acceptors (Lipinski definition) is 3. The van der Waals surface area contributed by atoms with Crippen molar-refractivity contribution in [3.8, 4) is 0 Å². The van der Waals surface area contributed by atoms with Crippen molar-refractivity contribution in [2.45, 2.75) is 6.54 Å². The van der Waals surface area contributed by atoms with E-state index in [-0.39, 0.29) is 0 Å². The quantitative estimate of drug-likeness (QED) is 0.711. The Hall–Kier alpha value is -1.13. The molecule has 0 fully saturated rings. The fourth-order valence-corrected chi connectivity index (χ4v) is 1.39. The monoisotopic (exact) mass is 182 g/mol. The minimum atomic E-state index is 0.440. The highest BCUT2D eigenvalue weighted by Crippen LogP contribution is 2.17. The molecule has 0 aromatic carbocycles. The molecule has 4 nitrogen and oxygen atoms in total. The second-order valence-electron chi connectivity index (χ2n) is 2.39. The summed E-state index contributed by atoms with van der Waals surface area (Å²) in [5.74, 6) is 0. The largest absolute Gasteiger partial charge is 0.326 e. The van der Waals surface area contributed by atoms with Gasteiger partial charge >= 0.3 is 0 Å². The van der Waals surface area contributed by atoms with Gasteiger partial charge in [0.15, 0.2) is 5.15 Å². The van der Waals surface area contributed by atoms with Crippen LogP contribution in [0.4, 0.5) is 0 Å². The van der Waals surface area contributed by atoms with Crippen LogP contribution in [0, 0.1) is 0 Å². The molecule has 62 valence electrons. The van der Waals surface area contributed by atoms with E-state index >= 15 is 0 Å². The van der Waals surface area contributed by atoms with Gasteiger partial charge in [-0.3, -0.25) is 0 Å². The molecule has 0 aliphatic carbocycles. The van der Waals surface area contributed by atoms with Crippen LogP contribution >= 0.6 is 11.6 Å². The van der Waals surface area contributed by atoms with Gasteiger partial charge in [-0.25, -0.2) is 9.50 Å². The van der Waals surface area contributed by atoms with Crippen LogP contribution in [-0.4, -0.2) is 14.6 Å². The first-order valence-electron chi connectivity index (χ1n) is 3.49. The average molecular weight is 183 g/mol. The summed E-state index contributed by atoms with van der Waals surface area (Å²) in [5, 5.41) is 4.42. The molecule has 2 heterocycles. The topological polar surface area (TPSA) is 56.2 Å².